The average molecular weight is 357 g/mol. The number of rotatable bonds is 5. The predicted octanol–water partition coefficient (Wildman–Crippen LogP) is 5.29. The highest BCUT2D eigenvalue weighted by Gasteiger charge is 2.10. The molecule has 4 aromatic rings. The lowest BCUT2D eigenvalue weighted by molar-refractivity contribution is -0.115. The van der Waals surface area contributed by atoms with Crippen LogP contribution in [-0.4, -0.2) is 13.0 Å². The van der Waals surface area contributed by atoms with Crippen LogP contribution in [0.2, 0.25) is 0 Å². The van der Waals surface area contributed by atoms with Gasteiger partial charge in [0.05, 0.1) is 13.5 Å². The van der Waals surface area contributed by atoms with E-state index in [1.54, 1.807) is 7.11 Å². The molecule has 0 aliphatic rings. The largest absolute Gasteiger partial charge is 0.496 e. The molecule has 0 radical (unpaired) electrons. The minimum absolute atomic E-state index is 0.0870. The Morgan fingerprint density at radius 2 is 1.70 bits per heavy atom. The van der Waals surface area contributed by atoms with Gasteiger partial charge in [0, 0.05) is 22.2 Å². The number of anilines is 1. The highest BCUT2D eigenvalue weighted by Crippen LogP contribution is 2.28. The van der Waals surface area contributed by atoms with Crippen molar-refractivity contribution in [2.75, 3.05) is 12.4 Å². The first-order chi connectivity index (χ1) is 13.2. The highest BCUT2D eigenvalue weighted by atomic mass is 16.5. The van der Waals surface area contributed by atoms with Crippen LogP contribution in [0.15, 0.2) is 83.3 Å². The Balaban J connectivity index is 1.46. The zero-order valence-electron chi connectivity index (χ0n) is 14.9. The van der Waals surface area contributed by atoms with Gasteiger partial charge < -0.3 is 14.5 Å². The van der Waals surface area contributed by atoms with E-state index in [0.29, 0.717) is 5.75 Å². The molecule has 0 spiro atoms. The van der Waals surface area contributed by atoms with Gasteiger partial charge >= 0.3 is 0 Å². The molecule has 3 aromatic carbocycles. The summed E-state index contributed by atoms with van der Waals surface area (Å²) in [7, 11) is 1.60. The lowest BCUT2D eigenvalue weighted by Crippen LogP contribution is -2.14. The van der Waals surface area contributed by atoms with Crippen molar-refractivity contribution >= 4 is 22.6 Å². The SMILES string of the molecule is COc1ccccc1CC(=O)Nc1ccc(-c2cc3ccccc3o2)cc1. The van der Waals surface area contributed by atoms with Crippen molar-refractivity contribution in [1.82, 2.24) is 0 Å². The fourth-order valence-electron chi connectivity index (χ4n) is 3.07. The first-order valence-corrected chi connectivity index (χ1v) is 8.74. The van der Waals surface area contributed by atoms with Gasteiger partial charge in [-0.05, 0) is 42.5 Å². The van der Waals surface area contributed by atoms with Crippen molar-refractivity contribution in [3.05, 3.63) is 84.4 Å². The zero-order valence-corrected chi connectivity index (χ0v) is 14.9. The number of para-hydroxylation sites is 2. The van der Waals surface area contributed by atoms with Gasteiger partial charge in [-0.25, -0.2) is 0 Å². The molecule has 0 saturated carbocycles. The van der Waals surface area contributed by atoms with Crippen LogP contribution in [0.3, 0.4) is 0 Å². The molecule has 1 heterocycles. The summed E-state index contributed by atoms with van der Waals surface area (Å²) in [6.07, 6.45) is 0.259. The van der Waals surface area contributed by atoms with Gasteiger partial charge in [-0.3, -0.25) is 4.79 Å². The summed E-state index contributed by atoms with van der Waals surface area (Å²) in [5, 5.41) is 3.99. The minimum Gasteiger partial charge on any atom is -0.496 e. The summed E-state index contributed by atoms with van der Waals surface area (Å²) in [6.45, 7) is 0. The standard InChI is InChI=1S/C23H19NO3/c1-26-20-8-4-2-7-18(20)15-23(25)24-19-12-10-16(11-13-19)22-14-17-6-3-5-9-21(17)27-22/h2-14H,15H2,1H3,(H,24,25). The van der Waals surface area contributed by atoms with Gasteiger partial charge in [0.2, 0.25) is 5.91 Å². The third-order valence-corrected chi connectivity index (χ3v) is 4.42. The molecule has 0 fully saturated rings. The summed E-state index contributed by atoms with van der Waals surface area (Å²) in [5.41, 5.74) is 3.43. The molecule has 1 aromatic heterocycles. The molecule has 4 nitrogen and oxygen atoms in total. The van der Waals surface area contributed by atoms with Crippen LogP contribution < -0.4 is 10.1 Å². The van der Waals surface area contributed by atoms with Crippen molar-refractivity contribution in [2.45, 2.75) is 6.42 Å². The summed E-state index contributed by atoms with van der Waals surface area (Å²) in [6, 6.07) is 25.1. The Hall–Kier alpha value is -3.53. The third kappa shape index (κ3) is 3.70. The van der Waals surface area contributed by atoms with E-state index in [-0.39, 0.29) is 12.3 Å². The monoisotopic (exact) mass is 357 g/mol. The molecule has 0 unspecified atom stereocenters. The fourth-order valence-corrected chi connectivity index (χ4v) is 3.07. The van der Waals surface area contributed by atoms with Gasteiger partial charge in [0.15, 0.2) is 0 Å². The predicted molar refractivity (Wildman–Crippen MR) is 107 cm³/mol. The van der Waals surface area contributed by atoms with Crippen LogP contribution in [-0.2, 0) is 11.2 Å². The van der Waals surface area contributed by atoms with E-state index in [9.17, 15) is 4.79 Å². The first-order valence-electron chi connectivity index (χ1n) is 8.74. The van der Waals surface area contributed by atoms with E-state index in [1.807, 2.05) is 78.9 Å². The van der Waals surface area contributed by atoms with E-state index in [4.69, 9.17) is 9.15 Å². The molecule has 1 amide bonds. The van der Waals surface area contributed by atoms with Gasteiger partial charge in [0.25, 0.3) is 0 Å². The third-order valence-electron chi connectivity index (χ3n) is 4.42. The summed E-state index contributed by atoms with van der Waals surface area (Å²) in [5.74, 6) is 1.44. The topological polar surface area (TPSA) is 51.5 Å². The van der Waals surface area contributed by atoms with Gasteiger partial charge in [0.1, 0.15) is 17.1 Å². The number of carbonyl (C=O) groups excluding carboxylic acids is 1. The number of ether oxygens (including phenoxy) is 1. The molecular weight excluding hydrogens is 338 g/mol. The number of carbonyl (C=O) groups is 1. The van der Waals surface area contributed by atoms with Crippen LogP contribution >= 0.6 is 0 Å². The maximum absolute atomic E-state index is 12.3. The van der Waals surface area contributed by atoms with E-state index in [1.165, 1.54) is 0 Å². The summed E-state index contributed by atoms with van der Waals surface area (Å²) >= 11 is 0. The molecule has 0 bridgehead atoms. The molecule has 0 aliphatic carbocycles. The Labute approximate surface area is 157 Å². The molecule has 1 N–H and O–H groups in total. The number of furan rings is 1. The average Bonchev–Trinajstić information content (AvgIpc) is 3.13. The molecule has 27 heavy (non-hydrogen) atoms. The van der Waals surface area contributed by atoms with Crippen LogP contribution in [0, 0.1) is 0 Å². The Kier molecular flexibility index (Phi) is 4.62. The number of fused-ring (bicyclic) bond motifs is 1. The molecular formula is C23H19NO3. The highest BCUT2D eigenvalue weighted by molar-refractivity contribution is 5.93. The fraction of sp³-hybridized carbons (Fsp3) is 0.0870. The van der Waals surface area contributed by atoms with Crippen LogP contribution in [0.25, 0.3) is 22.3 Å². The molecule has 0 atom stereocenters. The number of amides is 1. The summed E-state index contributed by atoms with van der Waals surface area (Å²) < 4.78 is 11.2. The smallest absolute Gasteiger partial charge is 0.228 e. The molecule has 4 heteroatoms. The summed E-state index contributed by atoms with van der Waals surface area (Å²) in [4.78, 5) is 12.3. The van der Waals surface area contributed by atoms with Crippen molar-refractivity contribution in [2.24, 2.45) is 0 Å². The van der Waals surface area contributed by atoms with Gasteiger partial charge in [-0.1, -0.05) is 36.4 Å². The minimum atomic E-state index is -0.0870. The lowest BCUT2D eigenvalue weighted by atomic mass is 10.1. The van der Waals surface area contributed by atoms with Crippen LogP contribution in [0.1, 0.15) is 5.56 Å². The maximum Gasteiger partial charge on any atom is 0.228 e. The van der Waals surface area contributed by atoms with Gasteiger partial charge in [-0.15, -0.1) is 0 Å². The van der Waals surface area contributed by atoms with Crippen molar-refractivity contribution in [3.8, 4) is 17.1 Å². The maximum atomic E-state index is 12.3. The Morgan fingerprint density at radius 3 is 2.48 bits per heavy atom. The lowest BCUT2D eigenvalue weighted by Gasteiger charge is -2.09. The van der Waals surface area contributed by atoms with E-state index >= 15 is 0 Å². The van der Waals surface area contributed by atoms with Crippen LogP contribution in [0.4, 0.5) is 5.69 Å². The molecule has 0 saturated heterocycles. The quantitative estimate of drug-likeness (QED) is 0.528. The number of methoxy groups -OCH3 is 1. The molecule has 4 rings (SSSR count). The van der Waals surface area contributed by atoms with E-state index in [2.05, 4.69) is 5.32 Å². The van der Waals surface area contributed by atoms with Crippen molar-refractivity contribution < 1.29 is 13.9 Å². The zero-order chi connectivity index (χ0) is 18.6. The van der Waals surface area contributed by atoms with E-state index in [0.717, 1.165) is 33.5 Å². The number of hydrogen-bond donors (Lipinski definition) is 1. The molecule has 134 valence electrons. The Bertz CT molecular complexity index is 1050. The second kappa shape index (κ2) is 7.38. The van der Waals surface area contributed by atoms with E-state index < -0.39 is 0 Å². The number of nitrogens with one attached hydrogen (secondary N) is 1. The second-order valence-corrected chi connectivity index (χ2v) is 6.26. The van der Waals surface area contributed by atoms with Crippen molar-refractivity contribution in [3.63, 3.8) is 0 Å². The number of hydrogen-bond acceptors (Lipinski definition) is 3. The normalized spacial score (nSPS) is 10.7. The van der Waals surface area contributed by atoms with Gasteiger partial charge in [-0.2, -0.15) is 0 Å². The number of benzene rings is 3. The molecule has 0 aliphatic heterocycles. The second-order valence-electron chi connectivity index (χ2n) is 6.26. The Morgan fingerprint density at radius 1 is 0.963 bits per heavy atom. The first kappa shape index (κ1) is 16.9. The van der Waals surface area contributed by atoms with Crippen molar-refractivity contribution in [1.29, 1.82) is 0 Å². The van der Waals surface area contributed by atoms with Crippen LogP contribution in [0.5, 0.6) is 5.75 Å².